The summed E-state index contributed by atoms with van der Waals surface area (Å²) in [6, 6.07) is 0. The Morgan fingerprint density at radius 2 is 1.59 bits per heavy atom. The normalized spacial score (nSPS) is 19.2. The lowest BCUT2D eigenvalue weighted by atomic mass is 9.75. The number of alkyl halides is 3. The van der Waals surface area contributed by atoms with E-state index in [0.717, 1.165) is 0 Å². The van der Waals surface area contributed by atoms with Gasteiger partial charge in [-0.1, -0.05) is 41.5 Å². The van der Waals surface area contributed by atoms with E-state index in [4.69, 9.17) is 0 Å². The zero-order valence-corrected chi connectivity index (χ0v) is 13.8. The fourth-order valence-corrected chi connectivity index (χ4v) is 2.49. The predicted octanol–water partition coefficient (Wildman–Crippen LogP) is 4.51. The van der Waals surface area contributed by atoms with E-state index >= 15 is 0 Å². The van der Waals surface area contributed by atoms with E-state index in [1.54, 1.807) is 6.21 Å². The van der Waals surface area contributed by atoms with Crippen LogP contribution in [0.5, 0.6) is 0 Å². The van der Waals surface area contributed by atoms with Gasteiger partial charge in [0.15, 0.2) is 5.69 Å². The molecule has 0 spiro atoms. The average Bonchev–Trinajstić information content (AvgIpc) is 2.33. The Morgan fingerprint density at radius 3 is 2.05 bits per heavy atom. The molecule has 0 radical (unpaired) electrons. The number of aromatic nitrogens is 2. The number of hydrogen-bond donors (Lipinski definition) is 0. The van der Waals surface area contributed by atoms with Gasteiger partial charge in [-0.2, -0.15) is 13.2 Å². The lowest BCUT2D eigenvalue weighted by Gasteiger charge is -2.33. The monoisotopic (exact) mass is 313 g/mol. The molecule has 0 bridgehead atoms. The molecule has 2 heterocycles. The SMILES string of the molecule is CC(C)(C)c1nc2c(c(C(F)(F)F)n1)C(C(C)(C)C)C=NC2. The topological polar surface area (TPSA) is 38.1 Å². The molecule has 1 aliphatic rings. The van der Waals surface area contributed by atoms with E-state index in [-0.39, 0.29) is 23.3 Å². The second-order valence-corrected chi connectivity index (χ2v) is 7.84. The highest BCUT2D eigenvalue weighted by molar-refractivity contribution is 5.72. The first-order chi connectivity index (χ1) is 9.82. The Labute approximate surface area is 129 Å². The summed E-state index contributed by atoms with van der Waals surface area (Å²) in [6.45, 7) is 11.3. The number of halogens is 3. The molecule has 0 saturated heterocycles. The number of hydrogen-bond acceptors (Lipinski definition) is 3. The van der Waals surface area contributed by atoms with Gasteiger partial charge in [0, 0.05) is 23.1 Å². The molecule has 1 aliphatic heterocycles. The van der Waals surface area contributed by atoms with Crippen molar-refractivity contribution < 1.29 is 13.2 Å². The van der Waals surface area contributed by atoms with Crippen LogP contribution in [0.25, 0.3) is 0 Å². The van der Waals surface area contributed by atoms with Crippen molar-refractivity contribution >= 4 is 6.21 Å². The molecule has 0 aromatic carbocycles. The van der Waals surface area contributed by atoms with E-state index in [1.165, 1.54) is 0 Å². The van der Waals surface area contributed by atoms with Crippen LogP contribution in [0, 0.1) is 5.41 Å². The number of aliphatic imine (C=N–C) groups is 1. The van der Waals surface area contributed by atoms with Crippen LogP contribution in [0.3, 0.4) is 0 Å². The maximum absolute atomic E-state index is 13.6. The van der Waals surface area contributed by atoms with Gasteiger partial charge in [0.05, 0.1) is 12.2 Å². The van der Waals surface area contributed by atoms with Crippen LogP contribution in [0.15, 0.2) is 4.99 Å². The Hall–Kier alpha value is -1.46. The molecule has 0 amide bonds. The Balaban J connectivity index is 2.76. The largest absolute Gasteiger partial charge is 0.433 e. The molecule has 22 heavy (non-hydrogen) atoms. The standard InChI is InChI=1S/C16H22F3N3/c1-14(2,3)9-7-20-8-10-11(9)12(16(17,18)19)22-13(21-10)15(4,5)6/h7,9H,8H2,1-6H3. The maximum atomic E-state index is 13.6. The highest BCUT2D eigenvalue weighted by Gasteiger charge is 2.43. The van der Waals surface area contributed by atoms with Crippen LogP contribution in [-0.4, -0.2) is 16.2 Å². The molecule has 1 unspecified atom stereocenters. The van der Waals surface area contributed by atoms with Crippen LogP contribution in [0.1, 0.15) is 70.2 Å². The number of fused-ring (bicyclic) bond motifs is 1. The molecule has 0 N–H and O–H groups in total. The lowest BCUT2D eigenvalue weighted by Crippen LogP contribution is -2.31. The number of nitrogens with zero attached hydrogens (tertiary/aromatic N) is 3. The second-order valence-electron chi connectivity index (χ2n) is 7.84. The van der Waals surface area contributed by atoms with Gasteiger partial charge in [-0.3, -0.25) is 4.99 Å². The van der Waals surface area contributed by atoms with Gasteiger partial charge in [-0.05, 0) is 5.41 Å². The van der Waals surface area contributed by atoms with Crippen molar-refractivity contribution in [1.29, 1.82) is 0 Å². The van der Waals surface area contributed by atoms with Crippen molar-refractivity contribution in [3.8, 4) is 0 Å². The summed E-state index contributed by atoms with van der Waals surface area (Å²) >= 11 is 0. The first-order valence-electron chi connectivity index (χ1n) is 7.30. The van der Waals surface area contributed by atoms with E-state index in [9.17, 15) is 13.2 Å². The lowest BCUT2D eigenvalue weighted by molar-refractivity contribution is -0.142. The third-order valence-corrected chi connectivity index (χ3v) is 3.70. The summed E-state index contributed by atoms with van der Waals surface area (Å²) < 4.78 is 40.7. The minimum atomic E-state index is -4.50. The number of rotatable bonds is 0. The van der Waals surface area contributed by atoms with Crippen molar-refractivity contribution in [2.75, 3.05) is 0 Å². The fraction of sp³-hybridized carbons (Fsp3) is 0.688. The van der Waals surface area contributed by atoms with E-state index in [1.807, 2.05) is 41.5 Å². The third kappa shape index (κ3) is 3.15. The molecule has 3 nitrogen and oxygen atoms in total. The van der Waals surface area contributed by atoms with Gasteiger partial charge < -0.3 is 0 Å². The van der Waals surface area contributed by atoms with Crippen molar-refractivity contribution in [3.63, 3.8) is 0 Å². The molecule has 1 aromatic heterocycles. The molecule has 1 atom stereocenters. The molecule has 0 aliphatic carbocycles. The first kappa shape index (κ1) is 16.9. The smallest absolute Gasteiger partial charge is 0.290 e. The molecule has 0 saturated carbocycles. The molecule has 122 valence electrons. The van der Waals surface area contributed by atoms with E-state index in [2.05, 4.69) is 15.0 Å². The van der Waals surface area contributed by atoms with Crippen LogP contribution < -0.4 is 0 Å². The Bertz CT molecular complexity index is 605. The van der Waals surface area contributed by atoms with Crippen molar-refractivity contribution in [3.05, 3.63) is 22.8 Å². The molecule has 2 rings (SSSR count). The Kier molecular flexibility index (Phi) is 3.86. The molecular weight excluding hydrogens is 291 g/mol. The fourth-order valence-electron chi connectivity index (χ4n) is 2.49. The van der Waals surface area contributed by atoms with Crippen LogP contribution >= 0.6 is 0 Å². The van der Waals surface area contributed by atoms with Crippen molar-refractivity contribution in [1.82, 2.24) is 9.97 Å². The third-order valence-electron chi connectivity index (χ3n) is 3.70. The summed E-state index contributed by atoms with van der Waals surface area (Å²) in [5, 5.41) is 0. The van der Waals surface area contributed by atoms with Crippen molar-refractivity contribution in [2.45, 2.75) is 65.6 Å². The van der Waals surface area contributed by atoms with Crippen LogP contribution in [0.2, 0.25) is 0 Å². The van der Waals surface area contributed by atoms with Gasteiger partial charge in [-0.15, -0.1) is 0 Å². The minimum Gasteiger partial charge on any atom is -0.290 e. The summed E-state index contributed by atoms with van der Waals surface area (Å²) in [5.74, 6) is -0.231. The average molecular weight is 313 g/mol. The molecular formula is C16H22F3N3. The van der Waals surface area contributed by atoms with Crippen LogP contribution in [-0.2, 0) is 18.1 Å². The first-order valence-corrected chi connectivity index (χ1v) is 7.30. The molecule has 0 fully saturated rings. The minimum absolute atomic E-state index is 0.177. The van der Waals surface area contributed by atoms with Gasteiger partial charge in [0.2, 0.25) is 0 Å². The van der Waals surface area contributed by atoms with Gasteiger partial charge in [0.25, 0.3) is 0 Å². The summed E-state index contributed by atoms with van der Waals surface area (Å²) in [6.07, 6.45) is -2.89. The van der Waals surface area contributed by atoms with Crippen molar-refractivity contribution in [2.24, 2.45) is 10.4 Å². The summed E-state index contributed by atoms with van der Waals surface area (Å²) in [5.41, 5.74) is -1.16. The summed E-state index contributed by atoms with van der Waals surface area (Å²) in [4.78, 5) is 12.5. The van der Waals surface area contributed by atoms with Gasteiger partial charge in [0.1, 0.15) is 5.82 Å². The predicted molar refractivity (Wildman–Crippen MR) is 80.1 cm³/mol. The summed E-state index contributed by atoms with van der Waals surface area (Å²) in [7, 11) is 0. The van der Waals surface area contributed by atoms with E-state index < -0.39 is 23.2 Å². The highest BCUT2D eigenvalue weighted by atomic mass is 19.4. The van der Waals surface area contributed by atoms with Gasteiger partial charge >= 0.3 is 6.18 Å². The van der Waals surface area contributed by atoms with Crippen LogP contribution in [0.4, 0.5) is 13.2 Å². The van der Waals surface area contributed by atoms with Gasteiger partial charge in [-0.25, -0.2) is 9.97 Å². The van der Waals surface area contributed by atoms with E-state index in [0.29, 0.717) is 5.69 Å². The molecule has 6 heteroatoms. The zero-order valence-electron chi connectivity index (χ0n) is 13.8. The maximum Gasteiger partial charge on any atom is 0.433 e. The zero-order chi connectivity index (χ0) is 16.9. The Morgan fingerprint density at radius 1 is 1.00 bits per heavy atom. The second kappa shape index (κ2) is 5.03. The quantitative estimate of drug-likeness (QED) is 0.707. The highest BCUT2D eigenvalue weighted by Crippen LogP contribution is 2.43. The molecule has 1 aromatic rings.